The molecule has 0 spiro atoms. The Balaban J connectivity index is 2.86. The average molecular weight is 191 g/mol. The second-order valence-corrected chi connectivity index (χ2v) is 3.03. The number of anilines is 1. The Morgan fingerprint density at radius 1 is 1.43 bits per heavy atom. The zero-order valence-corrected chi connectivity index (χ0v) is 8.28. The van der Waals surface area contributed by atoms with Crippen molar-refractivity contribution >= 4 is 17.7 Å². The van der Waals surface area contributed by atoms with E-state index in [-0.39, 0.29) is 5.97 Å². The minimum Gasteiger partial charge on any atom is -0.466 e. The van der Waals surface area contributed by atoms with Gasteiger partial charge in [-0.15, -0.1) is 0 Å². The monoisotopic (exact) mass is 191 g/mol. The molecule has 0 atom stereocenters. The number of carbonyl (C=O) groups is 1. The van der Waals surface area contributed by atoms with Crippen molar-refractivity contribution in [3.8, 4) is 0 Å². The predicted octanol–water partition coefficient (Wildman–Crippen LogP) is 1.76. The lowest BCUT2D eigenvalue weighted by Crippen LogP contribution is -1.93. The van der Waals surface area contributed by atoms with E-state index < -0.39 is 0 Å². The van der Waals surface area contributed by atoms with Gasteiger partial charge in [-0.1, -0.05) is 6.07 Å². The first kappa shape index (κ1) is 10.3. The fourth-order valence-electron chi connectivity index (χ4n) is 1.17. The molecule has 0 heterocycles. The number of hydrogen-bond acceptors (Lipinski definition) is 3. The lowest BCUT2D eigenvalue weighted by Gasteiger charge is -1.99. The van der Waals surface area contributed by atoms with E-state index in [2.05, 4.69) is 4.74 Å². The summed E-state index contributed by atoms with van der Waals surface area (Å²) in [7, 11) is 1.34. The molecule has 3 heteroatoms. The fourth-order valence-corrected chi connectivity index (χ4v) is 1.17. The molecule has 1 aromatic carbocycles. The highest BCUT2D eigenvalue weighted by Gasteiger charge is 1.94. The van der Waals surface area contributed by atoms with E-state index in [0.717, 1.165) is 11.1 Å². The third kappa shape index (κ3) is 2.94. The SMILES string of the molecule is COC(=O)C=Cc1cc(C)cc(N)c1. The molecule has 0 aliphatic rings. The number of nitrogens with two attached hydrogens (primary N) is 1. The van der Waals surface area contributed by atoms with Gasteiger partial charge in [-0.25, -0.2) is 4.79 Å². The molecule has 1 aromatic rings. The van der Waals surface area contributed by atoms with Gasteiger partial charge >= 0.3 is 5.97 Å². The van der Waals surface area contributed by atoms with Gasteiger partial charge in [0.1, 0.15) is 0 Å². The third-order valence-electron chi connectivity index (χ3n) is 1.74. The van der Waals surface area contributed by atoms with Gasteiger partial charge in [0.2, 0.25) is 0 Å². The van der Waals surface area contributed by atoms with Crippen LogP contribution in [0.4, 0.5) is 5.69 Å². The van der Waals surface area contributed by atoms with Gasteiger partial charge in [0.05, 0.1) is 7.11 Å². The molecule has 0 aliphatic carbocycles. The maximum atomic E-state index is 10.8. The van der Waals surface area contributed by atoms with E-state index in [0.29, 0.717) is 5.69 Å². The smallest absolute Gasteiger partial charge is 0.330 e. The van der Waals surface area contributed by atoms with Gasteiger partial charge in [0.15, 0.2) is 0 Å². The van der Waals surface area contributed by atoms with Crippen molar-refractivity contribution in [3.63, 3.8) is 0 Å². The summed E-state index contributed by atoms with van der Waals surface area (Å²) in [5, 5.41) is 0. The van der Waals surface area contributed by atoms with E-state index >= 15 is 0 Å². The zero-order chi connectivity index (χ0) is 10.6. The largest absolute Gasteiger partial charge is 0.466 e. The summed E-state index contributed by atoms with van der Waals surface area (Å²) >= 11 is 0. The number of benzene rings is 1. The van der Waals surface area contributed by atoms with E-state index in [1.54, 1.807) is 12.1 Å². The van der Waals surface area contributed by atoms with Crippen LogP contribution in [0.1, 0.15) is 11.1 Å². The highest BCUT2D eigenvalue weighted by Crippen LogP contribution is 2.12. The topological polar surface area (TPSA) is 52.3 Å². The molecule has 3 nitrogen and oxygen atoms in total. The van der Waals surface area contributed by atoms with Crippen molar-refractivity contribution in [2.24, 2.45) is 0 Å². The van der Waals surface area contributed by atoms with Crippen LogP contribution in [0.3, 0.4) is 0 Å². The summed E-state index contributed by atoms with van der Waals surface area (Å²) in [5.74, 6) is -0.370. The van der Waals surface area contributed by atoms with Crippen molar-refractivity contribution in [2.75, 3.05) is 12.8 Å². The molecule has 0 amide bonds. The number of hydrogen-bond donors (Lipinski definition) is 1. The van der Waals surface area contributed by atoms with Crippen LogP contribution in [0.5, 0.6) is 0 Å². The molecule has 0 radical (unpaired) electrons. The van der Waals surface area contributed by atoms with Gasteiger partial charge in [-0.05, 0) is 36.3 Å². The normalized spacial score (nSPS) is 10.4. The molecule has 0 saturated heterocycles. The molecular weight excluding hydrogens is 178 g/mol. The van der Waals surface area contributed by atoms with Crippen LogP contribution in [-0.2, 0) is 9.53 Å². The molecule has 0 fully saturated rings. The Bertz CT molecular complexity index is 349. The van der Waals surface area contributed by atoms with Crippen molar-refractivity contribution in [1.29, 1.82) is 0 Å². The van der Waals surface area contributed by atoms with Crippen molar-refractivity contribution in [3.05, 3.63) is 35.4 Å². The highest BCUT2D eigenvalue weighted by atomic mass is 16.5. The predicted molar refractivity (Wildman–Crippen MR) is 56.6 cm³/mol. The molecule has 0 aliphatic heterocycles. The first-order valence-corrected chi connectivity index (χ1v) is 4.25. The van der Waals surface area contributed by atoms with Crippen LogP contribution in [0.25, 0.3) is 6.08 Å². The summed E-state index contributed by atoms with van der Waals surface area (Å²) < 4.78 is 4.48. The van der Waals surface area contributed by atoms with E-state index in [9.17, 15) is 4.79 Å². The molecule has 0 saturated carbocycles. The number of esters is 1. The fraction of sp³-hybridized carbons (Fsp3) is 0.182. The highest BCUT2D eigenvalue weighted by molar-refractivity contribution is 5.87. The first-order chi connectivity index (χ1) is 6.61. The maximum Gasteiger partial charge on any atom is 0.330 e. The van der Waals surface area contributed by atoms with Crippen LogP contribution in [0.2, 0.25) is 0 Å². The number of rotatable bonds is 2. The summed E-state index contributed by atoms with van der Waals surface area (Å²) in [6, 6.07) is 5.61. The van der Waals surface area contributed by atoms with Crippen LogP contribution >= 0.6 is 0 Å². The minimum absolute atomic E-state index is 0.370. The van der Waals surface area contributed by atoms with Crippen LogP contribution in [0, 0.1) is 6.92 Å². The van der Waals surface area contributed by atoms with Crippen LogP contribution < -0.4 is 5.73 Å². The van der Waals surface area contributed by atoms with E-state index in [1.807, 2.05) is 19.1 Å². The molecular formula is C11H13NO2. The zero-order valence-electron chi connectivity index (χ0n) is 8.28. The molecule has 0 bridgehead atoms. The quantitative estimate of drug-likeness (QED) is 0.440. The van der Waals surface area contributed by atoms with Gasteiger partial charge in [-0.3, -0.25) is 0 Å². The molecule has 2 N–H and O–H groups in total. The second kappa shape index (κ2) is 4.46. The van der Waals surface area contributed by atoms with Gasteiger partial charge in [0.25, 0.3) is 0 Å². The minimum atomic E-state index is -0.370. The lowest BCUT2D eigenvalue weighted by atomic mass is 10.1. The Morgan fingerprint density at radius 3 is 2.71 bits per heavy atom. The summed E-state index contributed by atoms with van der Waals surface area (Å²) in [6.45, 7) is 1.95. The Hall–Kier alpha value is -1.77. The molecule has 0 unspecified atom stereocenters. The van der Waals surface area contributed by atoms with E-state index in [4.69, 9.17) is 5.73 Å². The summed E-state index contributed by atoms with van der Waals surface area (Å²) in [5.41, 5.74) is 8.30. The average Bonchev–Trinajstić information content (AvgIpc) is 2.12. The maximum absolute atomic E-state index is 10.8. The molecule has 74 valence electrons. The molecule has 0 aromatic heterocycles. The number of aryl methyl sites for hydroxylation is 1. The van der Waals surface area contributed by atoms with E-state index in [1.165, 1.54) is 13.2 Å². The summed E-state index contributed by atoms with van der Waals surface area (Å²) in [4.78, 5) is 10.8. The number of ether oxygens (including phenoxy) is 1. The standard InChI is InChI=1S/C11H13NO2/c1-8-5-9(7-10(12)6-8)3-4-11(13)14-2/h3-7H,12H2,1-2H3. The third-order valence-corrected chi connectivity index (χ3v) is 1.74. The van der Waals surface area contributed by atoms with Crippen LogP contribution in [0.15, 0.2) is 24.3 Å². The van der Waals surface area contributed by atoms with Crippen LogP contribution in [-0.4, -0.2) is 13.1 Å². The molecule has 1 rings (SSSR count). The number of nitrogen functional groups attached to an aromatic ring is 1. The van der Waals surface area contributed by atoms with Crippen molar-refractivity contribution in [2.45, 2.75) is 6.92 Å². The van der Waals surface area contributed by atoms with Gasteiger partial charge in [0, 0.05) is 11.8 Å². The van der Waals surface area contributed by atoms with Crippen molar-refractivity contribution < 1.29 is 9.53 Å². The van der Waals surface area contributed by atoms with Gasteiger partial charge in [-0.2, -0.15) is 0 Å². The first-order valence-electron chi connectivity index (χ1n) is 4.25. The van der Waals surface area contributed by atoms with Crippen molar-refractivity contribution in [1.82, 2.24) is 0 Å². The Morgan fingerprint density at radius 2 is 2.14 bits per heavy atom. The Labute approximate surface area is 83.2 Å². The lowest BCUT2D eigenvalue weighted by molar-refractivity contribution is -0.134. The molecule has 14 heavy (non-hydrogen) atoms. The second-order valence-electron chi connectivity index (χ2n) is 3.03. The summed E-state index contributed by atoms with van der Waals surface area (Å²) in [6.07, 6.45) is 3.05. The van der Waals surface area contributed by atoms with Gasteiger partial charge < -0.3 is 10.5 Å². The Kier molecular flexibility index (Phi) is 3.29. The number of carbonyl (C=O) groups excluding carboxylic acids is 1. The number of methoxy groups -OCH3 is 1.